The lowest BCUT2D eigenvalue weighted by atomic mass is 10.1. The number of rotatable bonds is 2. The molecule has 0 amide bonds. The van der Waals surface area contributed by atoms with Crippen molar-refractivity contribution in [3.05, 3.63) is 0 Å². The fourth-order valence-corrected chi connectivity index (χ4v) is 0.323. The average Bonchev–Trinajstić information content (AvgIpc) is 1.67. The van der Waals surface area contributed by atoms with Crippen LogP contribution in [0, 0.1) is 12.3 Å². The first-order valence-electron chi connectivity index (χ1n) is 2.31. The third kappa shape index (κ3) is 2.62. The van der Waals surface area contributed by atoms with Gasteiger partial charge in [-0.15, -0.1) is 6.42 Å². The fourth-order valence-electron chi connectivity index (χ4n) is 0.323. The van der Waals surface area contributed by atoms with Gasteiger partial charge in [0, 0.05) is 7.11 Å². The van der Waals surface area contributed by atoms with E-state index in [-0.39, 0.29) is 6.61 Å². The van der Waals surface area contributed by atoms with Crippen molar-refractivity contribution >= 4 is 0 Å². The van der Waals surface area contributed by atoms with Crippen molar-refractivity contribution in [3.63, 3.8) is 0 Å². The van der Waals surface area contributed by atoms with Crippen LogP contribution < -0.4 is 0 Å². The largest absolute Gasteiger partial charge is 0.381 e. The molecule has 0 aromatic rings. The number of methoxy groups -OCH3 is 1. The highest BCUT2D eigenvalue weighted by Gasteiger charge is 2.14. The summed E-state index contributed by atoms with van der Waals surface area (Å²) >= 11 is 0. The van der Waals surface area contributed by atoms with Crippen molar-refractivity contribution in [1.29, 1.82) is 0 Å². The minimum atomic E-state index is -1.10. The van der Waals surface area contributed by atoms with E-state index in [2.05, 4.69) is 10.7 Å². The molecule has 1 unspecified atom stereocenters. The SMILES string of the molecule is C#CC(C)(O)COC. The molecule has 0 heterocycles. The van der Waals surface area contributed by atoms with Crippen LogP contribution in [0.25, 0.3) is 0 Å². The first-order valence-corrected chi connectivity index (χ1v) is 2.31. The van der Waals surface area contributed by atoms with Gasteiger partial charge >= 0.3 is 0 Å². The van der Waals surface area contributed by atoms with Crippen LogP contribution in [0.3, 0.4) is 0 Å². The van der Waals surface area contributed by atoms with Crippen molar-refractivity contribution in [1.82, 2.24) is 0 Å². The Morgan fingerprint density at radius 1 is 1.88 bits per heavy atom. The normalized spacial score (nSPS) is 16.8. The van der Waals surface area contributed by atoms with Crippen LogP contribution in [-0.4, -0.2) is 24.4 Å². The number of terminal acetylenes is 1. The van der Waals surface area contributed by atoms with Gasteiger partial charge < -0.3 is 9.84 Å². The van der Waals surface area contributed by atoms with Gasteiger partial charge in [-0.05, 0) is 6.92 Å². The smallest absolute Gasteiger partial charge is 0.145 e. The summed E-state index contributed by atoms with van der Waals surface area (Å²) < 4.78 is 4.61. The molecule has 8 heavy (non-hydrogen) atoms. The van der Waals surface area contributed by atoms with E-state index in [1.54, 1.807) is 0 Å². The molecule has 0 saturated heterocycles. The summed E-state index contributed by atoms with van der Waals surface area (Å²) in [5.41, 5.74) is -1.10. The molecule has 0 bridgehead atoms. The van der Waals surface area contributed by atoms with Crippen molar-refractivity contribution in [2.45, 2.75) is 12.5 Å². The van der Waals surface area contributed by atoms with Crippen LogP contribution in [0.1, 0.15) is 6.92 Å². The second-order valence-electron chi connectivity index (χ2n) is 1.85. The molecule has 0 spiro atoms. The second kappa shape index (κ2) is 2.71. The molecule has 0 fully saturated rings. The third-order valence-corrected chi connectivity index (χ3v) is 0.736. The van der Waals surface area contributed by atoms with Crippen LogP contribution in [0.5, 0.6) is 0 Å². The van der Waals surface area contributed by atoms with Crippen molar-refractivity contribution in [2.75, 3.05) is 13.7 Å². The maximum Gasteiger partial charge on any atom is 0.145 e. The highest BCUT2D eigenvalue weighted by Crippen LogP contribution is 1.98. The molecule has 0 saturated carbocycles. The molecular formula is C6H10O2. The van der Waals surface area contributed by atoms with Gasteiger partial charge in [0.25, 0.3) is 0 Å². The quantitative estimate of drug-likeness (QED) is 0.513. The van der Waals surface area contributed by atoms with E-state index in [1.165, 1.54) is 14.0 Å². The van der Waals surface area contributed by atoms with Crippen LogP contribution in [-0.2, 0) is 4.74 Å². The molecular weight excluding hydrogens is 104 g/mol. The van der Waals surface area contributed by atoms with Crippen molar-refractivity contribution in [3.8, 4) is 12.3 Å². The van der Waals surface area contributed by atoms with E-state index in [0.29, 0.717) is 0 Å². The fraction of sp³-hybridized carbons (Fsp3) is 0.667. The third-order valence-electron chi connectivity index (χ3n) is 0.736. The van der Waals surface area contributed by atoms with Gasteiger partial charge in [0.1, 0.15) is 5.60 Å². The molecule has 2 nitrogen and oxygen atoms in total. The molecule has 0 aliphatic heterocycles. The predicted molar refractivity (Wildman–Crippen MR) is 31.3 cm³/mol. The Hall–Kier alpha value is -0.520. The Balaban J connectivity index is 3.59. The Kier molecular flexibility index (Phi) is 2.53. The van der Waals surface area contributed by atoms with Crippen LogP contribution in [0.2, 0.25) is 0 Å². The lowest BCUT2D eigenvalue weighted by Crippen LogP contribution is -2.27. The van der Waals surface area contributed by atoms with Crippen molar-refractivity contribution in [2.24, 2.45) is 0 Å². The predicted octanol–water partition coefficient (Wildman–Crippen LogP) is 0.0170. The van der Waals surface area contributed by atoms with Gasteiger partial charge in [-0.3, -0.25) is 0 Å². The molecule has 46 valence electrons. The van der Waals surface area contributed by atoms with E-state index < -0.39 is 5.60 Å². The Morgan fingerprint density at radius 2 is 2.38 bits per heavy atom. The maximum atomic E-state index is 8.96. The van der Waals surface area contributed by atoms with E-state index in [0.717, 1.165) is 0 Å². The average molecular weight is 114 g/mol. The number of aliphatic hydroxyl groups is 1. The summed E-state index contributed by atoms with van der Waals surface area (Å²) in [5, 5.41) is 8.96. The minimum absolute atomic E-state index is 0.184. The lowest BCUT2D eigenvalue weighted by molar-refractivity contribution is 0.0275. The second-order valence-corrected chi connectivity index (χ2v) is 1.85. The Labute approximate surface area is 49.5 Å². The maximum absolute atomic E-state index is 8.96. The summed E-state index contributed by atoms with van der Waals surface area (Å²) in [4.78, 5) is 0. The van der Waals surface area contributed by atoms with E-state index in [1.807, 2.05) is 0 Å². The number of hydrogen-bond donors (Lipinski definition) is 1. The van der Waals surface area contributed by atoms with Gasteiger partial charge in [0.2, 0.25) is 0 Å². The van der Waals surface area contributed by atoms with Gasteiger partial charge in [0.15, 0.2) is 0 Å². The van der Waals surface area contributed by atoms with Crippen LogP contribution in [0.4, 0.5) is 0 Å². The molecule has 0 radical (unpaired) electrons. The first kappa shape index (κ1) is 7.48. The topological polar surface area (TPSA) is 29.5 Å². The summed E-state index contributed by atoms with van der Waals surface area (Å²) in [6.07, 6.45) is 4.91. The zero-order chi connectivity index (χ0) is 6.62. The molecule has 0 aromatic carbocycles. The minimum Gasteiger partial charge on any atom is -0.381 e. The summed E-state index contributed by atoms with van der Waals surface area (Å²) in [7, 11) is 1.49. The molecule has 1 atom stereocenters. The highest BCUT2D eigenvalue weighted by molar-refractivity contribution is 5.04. The Morgan fingerprint density at radius 3 is 2.50 bits per heavy atom. The molecule has 0 aliphatic rings. The first-order chi connectivity index (χ1) is 3.62. The zero-order valence-corrected chi connectivity index (χ0v) is 5.14. The van der Waals surface area contributed by atoms with Gasteiger partial charge in [0.05, 0.1) is 6.61 Å². The summed E-state index contributed by atoms with van der Waals surface area (Å²) in [6, 6.07) is 0. The monoisotopic (exact) mass is 114 g/mol. The van der Waals surface area contributed by atoms with Gasteiger partial charge in [-0.2, -0.15) is 0 Å². The zero-order valence-electron chi connectivity index (χ0n) is 5.14. The summed E-state index contributed by atoms with van der Waals surface area (Å²) in [6.45, 7) is 1.71. The van der Waals surface area contributed by atoms with Crippen molar-refractivity contribution < 1.29 is 9.84 Å². The van der Waals surface area contributed by atoms with Gasteiger partial charge in [-0.25, -0.2) is 0 Å². The van der Waals surface area contributed by atoms with E-state index in [4.69, 9.17) is 11.5 Å². The molecule has 2 heteroatoms. The standard InChI is InChI=1S/C6H10O2/c1-4-6(2,7)5-8-3/h1,7H,5H2,2-3H3. The molecule has 1 N–H and O–H groups in total. The van der Waals surface area contributed by atoms with Crippen LogP contribution in [0.15, 0.2) is 0 Å². The van der Waals surface area contributed by atoms with E-state index >= 15 is 0 Å². The lowest BCUT2D eigenvalue weighted by Gasteiger charge is -2.13. The summed E-state index contributed by atoms with van der Waals surface area (Å²) in [5.74, 6) is 2.17. The number of hydrogen-bond acceptors (Lipinski definition) is 2. The highest BCUT2D eigenvalue weighted by atomic mass is 16.5. The molecule has 0 aliphatic carbocycles. The van der Waals surface area contributed by atoms with Gasteiger partial charge in [-0.1, -0.05) is 5.92 Å². The number of ether oxygens (including phenoxy) is 1. The molecule has 0 rings (SSSR count). The van der Waals surface area contributed by atoms with E-state index in [9.17, 15) is 0 Å². The molecule has 0 aromatic heterocycles. The Bertz CT molecular complexity index is 99.6. The van der Waals surface area contributed by atoms with Crippen LogP contribution >= 0.6 is 0 Å².